The van der Waals surface area contributed by atoms with Gasteiger partial charge in [0, 0.05) is 12.6 Å². The number of rotatable bonds is 9. The van der Waals surface area contributed by atoms with Crippen molar-refractivity contribution in [1.29, 1.82) is 0 Å². The highest BCUT2D eigenvalue weighted by Gasteiger charge is 2.00. The Kier molecular flexibility index (Phi) is 7.48. The molecule has 0 fully saturated rings. The van der Waals surface area contributed by atoms with Crippen molar-refractivity contribution in [2.75, 3.05) is 13.2 Å². The minimum absolute atomic E-state index is 0.598. The number of para-hydroxylation sites is 1. The molecule has 1 N–H and O–H groups in total. The zero-order valence-corrected chi connectivity index (χ0v) is 11.1. The molecule has 0 saturated carbocycles. The second-order valence-electron chi connectivity index (χ2n) is 4.51. The van der Waals surface area contributed by atoms with E-state index in [-0.39, 0.29) is 0 Å². The Morgan fingerprint density at radius 3 is 2.65 bits per heavy atom. The third kappa shape index (κ3) is 7.01. The van der Waals surface area contributed by atoms with Crippen LogP contribution < -0.4 is 10.1 Å². The maximum atomic E-state index is 5.62. The molecule has 0 heterocycles. The van der Waals surface area contributed by atoms with E-state index in [2.05, 4.69) is 19.2 Å². The first kappa shape index (κ1) is 14.0. The molecule has 2 heteroatoms. The monoisotopic (exact) mass is 235 g/mol. The summed E-state index contributed by atoms with van der Waals surface area (Å²) >= 11 is 0. The van der Waals surface area contributed by atoms with Crippen LogP contribution in [0.2, 0.25) is 0 Å². The van der Waals surface area contributed by atoms with Crippen LogP contribution in [-0.2, 0) is 0 Å². The summed E-state index contributed by atoms with van der Waals surface area (Å²) in [5, 5.41) is 3.49. The van der Waals surface area contributed by atoms with Gasteiger partial charge in [0.2, 0.25) is 0 Å². The highest BCUT2D eigenvalue weighted by Crippen LogP contribution is 2.07. The molecule has 96 valence electrons. The van der Waals surface area contributed by atoms with Crippen LogP contribution in [0.15, 0.2) is 30.3 Å². The molecule has 0 aromatic heterocycles. The first-order chi connectivity index (χ1) is 8.33. The Morgan fingerprint density at radius 1 is 1.18 bits per heavy atom. The minimum atomic E-state index is 0.598. The van der Waals surface area contributed by atoms with Gasteiger partial charge in [-0.15, -0.1) is 0 Å². The van der Waals surface area contributed by atoms with Crippen molar-refractivity contribution in [3.8, 4) is 5.75 Å². The van der Waals surface area contributed by atoms with Crippen LogP contribution in [0.1, 0.15) is 39.5 Å². The minimum Gasteiger partial charge on any atom is -0.492 e. The van der Waals surface area contributed by atoms with Crippen molar-refractivity contribution in [2.24, 2.45) is 0 Å². The molecule has 1 unspecified atom stereocenters. The lowest BCUT2D eigenvalue weighted by molar-refractivity contribution is 0.304. The highest BCUT2D eigenvalue weighted by atomic mass is 16.5. The molecule has 1 rings (SSSR count). The molecule has 0 spiro atoms. The van der Waals surface area contributed by atoms with Crippen molar-refractivity contribution in [3.05, 3.63) is 30.3 Å². The van der Waals surface area contributed by atoms with Crippen molar-refractivity contribution in [1.82, 2.24) is 5.32 Å². The summed E-state index contributed by atoms with van der Waals surface area (Å²) in [6.07, 6.45) is 5.22. The molecule has 1 atom stereocenters. The van der Waals surface area contributed by atoms with E-state index in [1.165, 1.54) is 25.7 Å². The molecule has 0 bridgehead atoms. The molecule has 0 aliphatic rings. The van der Waals surface area contributed by atoms with Gasteiger partial charge in [0.1, 0.15) is 12.4 Å². The van der Waals surface area contributed by atoms with Gasteiger partial charge >= 0.3 is 0 Å². The van der Waals surface area contributed by atoms with Crippen LogP contribution in [0.4, 0.5) is 0 Å². The number of nitrogens with one attached hydrogen (secondary N) is 1. The highest BCUT2D eigenvalue weighted by molar-refractivity contribution is 5.20. The molecule has 0 saturated heterocycles. The standard InChI is InChI=1S/C15H25NO/c1-3-4-6-9-14(2)16-12-13-17-15-10-7-5-8-11-15/h5,7-8,10-11,14,16H,3-4,6,9,12-13H2,1-2H3. The summed E-state index contributed by atoms with van der Waals surface area (Å²) in [6.45, 7) is 6.15. The predicted molar refractivity (Wildman–Crippen MR) is 73.5 cm³/mol. The van der Waals surface area contributed by atoms with E-state index in [4.69, 9.17) is 4.74 Å². The maximum absolute atomic E-state index is 5.62. The van der Waals surface area contributed by atoms with E-state index < -0.39 is 0 Å². The average Bonchev–Trinajstić information content (AvgIpc) is 2.36. The van der Waals surface area contributed by atoms with Crippen molar-refractivity contribution >= 4 is 0 Å². The molecule has 1 aromatic carbocycles. The Labute approximate surface area is 105 Å². The number of hydrogen-bond acceptors (Lipinski definition) is 2. The first-order valence-corrected chi connectivity index (χ1v) is 6.74. The normalized spacial score (nSPS) is 12.4. The molecule has 0 radical (unpaired) electrons. The first-order valence-electron chi connectivity index (χ1n) is 6.74. The van der Waals surface area contributed by atoms with Crippen LogP contribution in [-0.4, -0.2) is 19.2 Å². The van der Waals surface area contributed by atoms with Crippen molar-refractivity contribution in [3.63, 3.8) is 0 Å². The Morgan fingerprint density at radius 2 is 1.94 bits per heavy atom. The number of hydrogen-bond donors (Lipinski definition) is 1. The van der Waals surface area contributed by atoms with Gasteiger partial charge in [-0.2, -0.15) is 0 Å². The maximum Gasteiger partial charge on any atom is 0.119 e. The average molecular weight is 235 g/mol. The van der Waals surface area contributed by atoms with Crippen LogP contribution >= 0.6 is 0 Å². The predicted octanol–water partition coefficient (Wildman–Crippen LogP) is 3.62. The largest absolute Gasteiger partial charge is 0.492 e. The van der Waals surface area contributed by atoms with Gasteiger partial charge in [0.05, 0.1) is 0 Å². The lowest BCUT2D eigenvalue weighted by Gasteiger charge is -2.13. The van der Waals surface area contributed by atoms with Crippen LogP contribution in [0.25, 0.3) is 0 Å². The molecule has 0 aliphatic heterocycles. The quantitative estimate of drug-likeness (QED) is 0.660. The summed E-state index contributed by atoms with van der Waals surface area (Å²) in [5.74, 6) is 0.952. The van der Waals surface area contributed by atoms with E-state index in [1.807, 2.05) is 30.3 Å². The van der Waals surface area contributed by atoms with E-state index in [9.17, 15) is 0 Å². The van der Waals surface area contributed by atoms with Crippen LogP contribution in [0.5, 0.6) is 5.75 Å². The molecule has 17 heavy (non-hydrogen) atoms. The summed E-state index contributed by atoms with van der Waals surface area (Å²) in [4.78, 5) is 0. The van der Waals surface area contributed by atoms with Gasteiger partial charge in [0.25, 0.3) is 0 Å². The van der Waals surface area contributed by atoms with E-state index in [1.54, 1.807) is 0 Å². The number of benzene rings is 1. The molecular weight excluding hydrogens is 210 g/mol. The van der Waals surface area contributed by atoms with E-state index in [0.717, 1.165) is 18.9 Å². The number of ether oxygens (including phenoxy) is 1. The van der Waals surface area contributed by atoms with Gasteiger partial charge in [-0.1, -0.05) is 44.4 Å². The zero-order valence-electron chi connectivity index (χ0n) is 11.1. The molecule has 2 nitrogen and oxygen atoms in total. The fourth-order valence-corrected chi connectivity index (χ4v) is 1.79. The Balaban J connectivity index is 2.00. The van der Waals surface area contributed by atoms with E-state index >= 15 is 0 Å². The molecule has 0 amide bonds. The lowest BCUT2D eigenvalue weighted by atomic mass is 10.1. The second kappa shape index (κ2) is 9.06. The smallest absolute Gasteiger partial charge is 0.119 e. The fraction of sp³-hybridized carbons (Fsp3) is 0.600. The Hall–Kier alpha value is -1.02. The third-order valence-corrected chi connectivity index (χ3v) is 2.85. The van der Waals surface area contributed by atoms with Crippen molar-refractivity contribution < 1.29 is 4.74 Å². The van der Waals surface area contributed by atoms with Gasteiger partial charge in [-0.25, -0.2) is 0 Å². The van der Waals surface area contributed by atoms with Gasteiger partial charge < -0.3 is 10.1 Å². The summed E-state index contributed by atoms with van der Waals surface area (Å²) in [5.41, 5.74) is 0. The molecule has 0 aliphatic carbocycles. The lowest BCUT2D eigenvalue weighted by Crippen LogP contribution is -2.30. The van der Waals surface area contributed by atoms with Gasteiger partial charge in [-0.3, -0.25) is 0 Å². The van der Waals surface area contributed by atoms with Gasteiger partial charge in [0.15, 0.2) is 0 Å². The fourth-order valence-electron chi connectivity index (χ4n) is 1.79. The summed E-state index contributed by atoms with van der Waals surface area (Å²) in [6, 6.07) is 10.6. The van der Waals surface area contributed by atoms with Gasteiger partial charge in [-0.05, 0) is 25.5 Å². The van der Waals surface area contributed by atoms with Crippen LogP contribution in [0, 0.1) is 0 Å². The second-order valence-corrected chi connectivity index (χ2v) is 4.51. The zero-order chi connectivity index (χ0) is 12.3. The SMILES string of the molecule is CCCCCC(C)NCCOc1ccccc1. The summed E-state index contributed by atoms with van der Waals surface area (Å²) in [7, 11) is 0. The number of unbranched alkanes of at least 4 members (excludes halogenated alkanes) is 2. The third-order valence-electron chi connectivity index (χ3n) is 2.85. The van der Waals surface area contributed by atoms with Crippen molar-refractivity contribution in [2.45, 2.75) is 45.6 Å². The van der Waals surface area contributed by atoms with Crippen LogP contribution in [0.3, 0.4) is 0 Å². The Bertz CT molecular complexity index is 274. The molecular formula is C15H25NO. The summed E-state index contributed by atoms with van der Waals surface area (Å²) < 4.78 is 5.62. The van der Waals surface area contributed by atoms with E-state index in [0.29, 0.717) is 6.04 Å². The molecule has 1 aromatic rings. The topological polar surface area (TPSA) is 21.3 Å².